The number of nitrogens with zero attached hydrogens (tertiary/aromatic N) is 1. The van der Waals surface area contributed by atoms with Crippen molar-refractivity contribution >= 4 is 62.2 Å². The topological polar surface area (TPSA) is 80.8 Å². The maximum Gasteiger partial charge on any atom is 0.337 e. The highest BCUT2D eigenvalue weighted by molar-refractivity contribution is 7.94. The minimum Gasteiger partial charge on any atom is -0.465 e. The lowest BCUT2D eigenvalue weighted by Crippen LogP contribution is -2.46. The summed E-state index contributed by atoms with van der Waals surface area (Å²) in [6.45, 7) is 0. The number of carbonyl (C=O) groups is 2. The lowest BCUT2D eigenvalue weighted by molar-refractivity contribution is -0.118. The molecule has 1 atom stereocenters. The van der Waals surface area contributed by atoms with E-state index < -0.39 is 31.5 Å². The van der Waals surface area contributed by atoms with Crippen molar-refractivity contribution in [2.75, 3.05) is 17.8 Å². The molecule has 2 rings (SSSR count). The summed E-state index contributed by atoms with van der Waals surface area (Å²) in [4.78, 5) is 25.2. The van der Waals surface area contributed by atoms with Gasteiger partial charge in [0.05, 0.1) is 24.5 Å². The quantitative estimate of drug-likeness (QED) is 0.563. The van der Waals surface area contributed by atoms with Crippen LogP contribution in [0.1, 0.15) is 10.4 Å². The van der Waals surface area contributed by atoms with Gasteiger partial charge in [-0.1, -0.05) is 40.9 Å². The predicted octanol–water partition coefficient (Wildman–Crippen LogP) is 2.49. The zero-order valence-corrected chi connectivity index (χ0v) is 15.4. The van der Waals surface area contributed by atoms with E-state index in [0.29, 0.717) is 0 Å². The molecule has 0 fully saturated rings. The van der Waals surface area contributed by atoms with Crippen LogP contribution in [0.3, 0.4) is 0 Å². The highest BCUT2D eigenvalue weighted by Crippen LogP contribution is 2.34. The van der Waals surface area contributed by atoms with Gasteiger partial charge >= 0.3 is 5.97 Å². The van der Waals surface area contributed by atoms with Gasteiger partial charge in [-0.15, -0.1) is 0 Å². The smallest absolute Gasteiger partial charge is 0.337 e. The van der Waals surface area contributed by atoms with E-state index in [0.717, 1.165) is 10.3 Å². The van der Waals surface area contributed by atoms with Gasteiger partial charge in [-0.3, -0.25) is 4.79 Å². The molecule has 0 saturated carbocycles. The van der Waals surface area contributed by atoms with Gasteiger partial charge in [0.2, 0.25) is 0 Å². The van der Waals surface area contributed by atoms with Crippen molar-refractivity contribution in [3.63, 3.8) is 0 Å². The Morgan fingerprint density at radius 1 is 1.29 bits per heavy atom. The number of amides is 1. The summed E-state index contributed by atoms with van der Waals surface area (Å²) in [6, 6.07) is 4.99. The van der Waals surface area contributed by atoms with E-state index in [-0.39, 0.29) is 17.0 Å². The molecule has 1 amide bonds. The van der Waals surface area contributed by atoms with Crippen molar-refractivity contribution in [3.05, 3.63) is 41.3 Å². The van der Waals surface area contributed by atoms with E-state index in [4.69, 9.17) is 34.8 Å². The zero-order chi connectivity index (χ0) is 18.1. The summed E-state index contributed by atoms with van der Waals surface area (Å²) in [5.74, 6) is -1.89. The first-order valence-electron chi connectivity index (χ1n) is 6.55. The molecule has 1 aromatic rings. The fourth-order valence-electron chi connectivity index (χ4n) is 2.22. The predicted molar refractivity (Wildman–Crippen MR) is 92.3 cm³/mol. The summed E-state index contributed by atoms with van der Waals surface area (Å²) in [6.07, 6.45) is 1.33. The van der Waals surface area contributed by atoms with E-state index in [9.17, 15) is 18.0 Å². The number of rotatable bonds is 3. The normalized spacial score (nSPS) is 19.1. The molecule has 1 aliphatic heterocycles. The fourth-order valence-corrected chi connectivity index (χ4v) is 3.76. The molecule has 10 heteroatoms. The van der Waals surface area contributed by atoms with Crippen LogP contribution >= 0.6 is 34.8 Å². The molecule has 1 aromatic carbocycles. The molecule has 0 bridgehead atoms. The van der Waals surface area contributed by atoms with Gasteiger partial charge in [0.15, 0.2) is 9.84 Å². The van der Waals surface area contributed by atoms with Crippen LogP contribution < -0.4 is 4.90 Å². The molecule has 24 heavy (non-hydrogen) atoms. The number of carbonyl (C=O) groups excluding carboxylic acids is 2. The van der Waals surface area contributed by atoms with Crippen LogP contribution in [0, 0.1) is 0 Å². The molecule has 0 radical (unpaired) electrons. The third-order valence-corrected chi connectivity index (χ3v) is 5.11. The summed E-state index contributed by atoms with van der Waals surface area (Å²) in [5, 5.41) is 1.00. The number of benzene rings is 1. The van der Waals surface area contributed by atoms with Crippen LogP contribution in [-0.4, -0.2) is 43.0 Å². The van der Waals surface area contributed by atoms with Crippen molar-refractivity contribution in [3.8, 4) is 0 Å². The van der Waals surface area contributed by atoms with Gasteiger partial charge < -0.3 is 9.64 Å². The minimum atomic E-state index is -3.45. The molecule has 0 aliphatic carbocycles. The number of sulfone groups is 1. The average molecular weight is 413 g/mol. The van der Waals surface area contributed by atoms with Crippen LogP contribution in [0.4, 0.5) is 5.69 Å². The molecule has 0 spiro atoms. The second-order valence-corrected chi connectivity index (χ2v) is 9.15. The lowest BCUT2D eigenvalue weighted by Gasteiger charge is -2.30. The van der Waals surface area contributed by atoms with Gasteiger partial charge in [-0.05, 0) is 24.3 Å². The summed E-state index contributed by atoms with van der Waals surface area (Å²) in [5.41, 5.74) is 0.378. The Bertz CT molecular complexity index is 801. The fraction of sp³-hybridized carbons (Fsp3) is 0.286. The van der Waals surface area contributed by atoms with Crippen LogP contribution in [0.15, 0.2) is 35.7 Å². The Morgan fingerprint density at radius 3 is 2.46 bits per heavy atom. The molecule has 1 unspecified atom stereocenters. The summed E-state index contributed by atoms with van der Waals surface area (Å²) >= 11 is 17.0. The minimum absolute atomic E-state index is 0.168. The Balaban J connectivity index is 2.49. The SMILES string of the molecule is COC(=O)c1cccc(N(C(=O)C(Cl)(Cl)Cl)C2C=CS(=O)(=O)C2)c1. The molecule has 0 aromatic heterocycles. The first-order chi connectivity index (χ1) is 11.0. The number of anilines is 1. The number of methoxy groups -OCH3 is 1. The van der Waals surface area contributed by atoms with Crippen molar-refractivity contribution in [1.29, 1.82) is 0 Å². The number of hydrogen-bond acceptors (Lipinski definition) is 5. The third-order valence-electron chi connectivity index (χ3n) is 3.25. The first-order valence-corrected chi connectivity index (χ1v) is 9.40. The van der Waals surface area contributed by atoms with Crippen LogP contribution in [-0.2, 0) is 19.4 Å². The van der Waals surface area contributed by atoms with Crippen LogP contribution in [0.5, 0.6) is 0 Å². The van der Waals surface area contributed by atoms with Gasteiger partial charge in [-0.25, -0.2) is 13.2 Å². The highest BCUT2D eigenvalue weighted by atomic mass is 35.6. The number of hydrogen-bond donors (Lipinski definition) is 0. The van der Waals surface area contributed by atoms with Gasteiger partial charge in [0.25, 0.3) is 9.70 Å². The molecule has 0 N–H and O–H groups in total. The van der Waals surface area contributed by atoms with Crippen molar-refractivity contribution < 1.29 is 22.7 Å². The van der Waals surface area contributed by atoms with E-state index in [2.05, 4.69) is 4.74 Å². The average Bonchev–Trinajstić information content (AvgIpc) is 2.85. The molecular weight excluding hydrogens is 401 g/mol. The number of alkyl halides is 3. The Morgan fingerprint density at radius 2 is 1.96 bits per heavy atom. The molecule has 1 heterocycles. The highest BCUT2D eigenvalue weighted by Gasteiger charge is 2.41. The Hall–Kier alpha value is -1.28. The maximum atomic E-state index is 12.5. The largest absolute Gasteiger partial charge is 0.465 e. The number of esters is 1. The zero-order valence-electron chi connectivity index (χ0n) is 12.3. The van der Waals surface area contributed by atoms with E-state index >= 15 is 0 Å². The van der Waals surface area contributed by atoms with E-state index in [1.54, 1.807) is 0 Å². The van der Waals surface area contributed by atoms with Crippen molar-refractivity contribution in [2.45, 2.75) is 9.83 Å². The van der Waals surface area contributed by atoms with Crippen LogP contribution in [0.2, 0.25) is 0 Å². The van der Waals surface area contributed by atoms with Gasteiger partial charge in [-0.2, -0.15) is 0 Å². The second-order valence-electron chi connectivity index (χ2n) is 4.94. The molecule has 130 valence electrons. The molecule has 0 saturated heterocycles. The monoisotopic (exact) mass is 411 g/mol. The third kappa shape index (κ3) is 4.22. The molecule has 1 aliphatic rings. The first kappa shape index (κ1) is 19.1. The second kappa shape index (κ2) is 6.92. The molecular formula is C14H12Cl3NO5S. The molecule has 6 nitrogen and oxygen atoms in total. The van der Waals surface area contributed by atoms with Crippen molar-refractivity contribution in [2.24, 2.45) is 0 Å². The van der Waals surface area contributed by atoms with Gasteiger partial charge in [0.1, 0.15) is 0 Å². The maximum absolute atomic E-state index is 12.5. The van der Waals surface area contributed by atoms with Crippen LogP contribution in [0.25, 0.3) is 0 Å². The van der Waals surface area contributed by atoms with E-state index in [1.807, 2.05) is 0 Å². The summed E-state index contributed by atoms with van der Waals surface area (Å²) < 4.78 is 25.7. The Kier molecular flexibility index (Phi) is 5.49. The van der Waals surface area contributed by atoms with E-state index in [1.165, 1.54) is 37.5 Å². The Labute approximate surface area is 153 Å². The number of ether oxygens (including phenoxy) is 1. The standard InChI is InChI=1S/C14H12Cl3NO5S/c1-23-12(19)9-3-2-4-10(7-9)18(13(20)14(15,16)17)11-5-6-24(21,22)8-11/h2-7,11H,8H2,1H3. The number of halogens is 3. The summed E-state index contributed by atoms with van der Waals surface area (Å²) in [7, 11) is -2.24. The van der Waals surface area contributed by atoms with Gasteiger partial charge in [0, 0.05) is 11.1 Å². The van der Waals surface area contributed by atoms with Crippen molar-refractivity contribution in [1.82, 2.24) is 0 Å². The lowest BCUT2D eigenvalue weighted by atomic mass is 10.1.